The average Bonchev–Trinajstić information content (AvgIpc) is 2.85. The number of halogens is 3. The zero-order valence-electron chi connectivity index (χ0n) is 11.1. The molecule has 0 fully saturated rings. The van der Waals surface area contributed by atoms with Gasteiger partial charge in [-0.3, -0.25) is 0 Å². The first-order chi connectivity index (χ1) is 9.40. The van der Waals surface area contributed by atoms with Crippen molar-refractivity contribution >= 4 is 5.95 Å². The minimum absolute atomic E-state index is 0.298. The fourth-order valence-corrected chi connectivity index (χ4v) is 1.59. The van der Waals surface area contributed by atoms with E-state index >= 15 is 0 Å². The minimum Gasteiger partial charge on any atom is -0.354 e. The normalized spacial score (nSPS) is 11.7. The van der Waals surface area contributed by atoms with Crippen molar-refractivity contribution in [2.45, 2.75) is 26.4 Å². The summed E-state index contributed by atoms with van der Waals surface area (Å²) in [5.74, 6) is 0.678. The van der Waals surface area contributed by atoms with Crippen molar-refractivity contribution in [3.8, 4) is 5.82 Å². The van der Waals surface area contributed by atoms with Crippen LogP contribution in [0, 0.1) is 6.92 Å². The molecule has 2 rings (SSSR count). The highest BCUT2D eigenvalue weighted by Crippen LogP contribution is 2.27. The number of aryl methyl sites for hydroxylation is 1. The molecule has 2 heterocycles. The van der Waals surface area contributed by atoms with Crippen LogP contribution in [0.15, 0.2) is 18.3 Å². The number of aromatic nitrogens is 4. The second-order valence-electron chi connectivity index (χ2n) is 4.26. The zero-order chi connectivity index (χ0) is 14.8. The molecule has 0 saturated heterocycles. The van der Waals surface area contributed by atoms with Crippen molar-refractivity contribution in [3.05, 3.63) is 29.7 Å². The highest BCUT2D eigenvalue weighted by molar-refractivity contribution is 5.34. The molecule has 0 bridgehead atoms. The van der Waals surface area contributed by atoms with Gasteiger partial charge in [-0.2, -0.15) is 23.3 Å². The Morgan fingerprint density at radius 3 is 2.65 bits per heavy atom. The minimum atomic E-state index is -4.46. The van der Waals surface area contributed by atoms with Crippen LogP contribution in [-0.4, -0.2) is 26.3 Å². The highest BCUT2D eigenvalue weighted by Gasteiger charge is 2.33. The first kappa shape index (κ1) is 14.3. The van der Waals surface area contributed by atoms with Crippen LogP contribution in [0.5, 0.6) is 0 Å². The van der Waals surface area contributed by atoms with Crippen molar-refractivity contribution < 1.29 is 13.2 Å². The van der Waals surface area contributed by atoms with Crippen LogP contribution in [0.3, 0.4) is 0 Å². The lowest BCUT2D eigenvalue weighted by Crippen LogP contribution is -2.10. The monoisotopic (exact) mass is 285 g/mol. The van der Waals surface area contributed by atoms with Gasteiger partial charge in [0.2, 0.25) is 5.95 Å². The molecule has 8 heteroatoms. The van der Waals surface area contributed by atoms with Gasteiger partial charge in [0.05, 0.1) is 0 Å². The number of rotatable bonds is 4. The number of anilines is 1. The van der Waals surface area contributed by atoms with E-state index in [0.717, 1.165) is 17.2 Å². The van der Waals surface area contributed by atoms with Crippen molar-refractivity contribution in [1.82, 2.24) is 19.7 Å². The molecule has 2 aromatic heterocycles. The summed E-state index contributed by atoms with van der Waals surface area (Å²) in [7, 11) is 0. The van der Waals surface area contributed by atoms with E-state index in [1.54, 1.807) is 13.0 Å². The Hall–Kier alpha value is -2.12. The SMILES string of the molecule is CCCNc1nc(C)cc(-n2ccc(C(F)(F)F)n2)n1. The molecule has 0 aliphatic rings. The lowest BCUT2D eigenvalue weighted by atomic mass is 10.4. The van der Waals surface area contributed by atoms with Gasteiger partial charge in [0.25, 0.3) is 0 Å². The van der Waals surface area contributed by atoms with Crippen LogP contribution >= 0.6 is 0 Å². The summed E-state index contributed by atoms with van der Waals surface area (Å²) in [6.45, 7) is 4.43. The fourth-order valence-electron chi connectivity index (χ4n) is 1.59. The smallest absolute Gasteiger partial charge is 0.354 e. The summed E-state index contributed by atoms with van der Waals surface area (Å²) in [6, 6.07) is 2.49. The topological polar surface area (TPSA) is 55.6 Å². The van der Waals surface area contributed by atoms with E-state index in [4.69, 9.17) is 0 Å². The van der Waals surface area contributed by atoms with E-state index in [1.165, 1.54) is 6.20 Å². The van der Waals surface area contributed by atoms with E-state index in [0.29, 0.717) is 24.0 Å². The van der Waals surface area contributed by atoms with E-state index < -0.39 is 11.9 Å². The zero-order valence-corrected chi connectivity index (χ0v) is 11.1. The number of nitrogens with zero attached hydrogens (tertiary/aromatic N) is 4. The van der Waals surface area contributed by atoms with Crippen molar-refractivity contribution in [2.75, 3.05) is 11.9 Å². The van der Waals surface area contributed by atoms with E-state index in [-0.39, 0.29) is 0 Å². The predicted molar refractivity (Wildman–Crippen MR) is 67.7 cm³/mol. The van der Waals surface area contributed by atoms with Gasteiger partial charge in [-0.15, -0.1) is 0 Å². The predicted octanol–water partition coefficient (Wildman–Crippen LogP) is 2.81. The van der Waals surface area contributed by atoms with Gasteiger partial charge < -0.3 is 5.32 Å². The summed E-state index contributed by atoms with van der Waals surface area (Å²) < 4.78 is 38.7. The molecule has 20 heavy (non-hydrogen) atoms. The lowest BCUT2D eigenvalue weighted by molar-refractivity contribution is -0.141. The summed E-state index contributed by atoms with van der Waals surface area (Å²) in [6.07, 6.45) is -2.34. The molecule has 0 aromatic carbocycles. The van der Waals surface area contributed by atoms with Gasteiger partial charge in [0.1, 0.15) is 0 Å². The largest absolute Gasteiger partial charge is 0.435 e. The van der Waals surface area contributed by atoms with Crippen molar-refractivity contribution in [2.24, 2.45) is 0 Å². The van der Waals surface area contributed by atoms with Gasteiger partial charge in [-0.05, 0) is 19.4 Å². The Bertz CT molecular complexity index is 591. The van der Waals surface area contributed by atoms with Crippen LogP contribution in [-0.2, 0) is 6.18 Å². The third-order valence-corrected chi connectivity index (χ3v) is 2.49. The maximum absolute atomic E-state index is 12.5. The lowest BCUT2D eigenvalue weighted by Gasteiger charge is -2.07. The first-order valence-electron chi connectivity index (χ1n) is 6.13. The molecule has 1 N–H and O–H groups in total. The van der Waals surface area contributed by atoms with E-state index in [1.807, 2.05) is 6.92 Å². The highest BCUT2D eigenvalue weighted by atomic mass is 19.4. The quantitative estimate of drug-likeness (QED) is 0.938. The Balaban J connectivity index is 2.32. The third-order valence-electron chi connectivity index (χ3n) is 2.49. The van der Waals surface area contributed by atoms with Crippen LogP contribution in [0.25, 0.3) is 5.82 Å². The number of alkyl halides is 3. The molecule has 0 saturated carbocycles. The molecule has 0 aliphatic carbocycles. The molecule has 0 radical (unpaired) electrons. The Kier molecular flexibility index (Phi) is 3.91. The van der Waals surface area contributed by atoms with Gasteiger partial charge in [0.15, 0.2) is 11.5 Å². The van der Waals surface area contributed by atoms with Crippen molar-refractivity contribution in [3.63, 3.8) is 0 Å². The molecule has 0 atom stereocenters. The van der Waals surface area contributed by atoms with E-state index in [2.05, 4.69) is 20.4 Å². The molecule has 0 spiro atoms. The Labute approximate surface area is 113 Å². The number of hydrogen-bond donors (Lipinski definition) is 1. The Morgan fingerprint density at radius 1 is 1.30 bits per heavy atom. The summed E-state index contributed by atoms with van der Waals surface area (Å²) >= 11 is 0. The maximum Gasteiger partial charge on any atom is 0.435 e. The Morgan fingerprint density at radius 2 is 2.05 bits per heavy atom. The van der Waals surface area contributed by atoms with Crippen molar-refractivity contribution in [1.29, 1.82) is 0 Å². The standard InChI is InChI=1S/C12H14F3N5/c1-3-5-16-11-17-8(2)7-10(18-11)20-6-4-9(19-20)12(13,14)15/h4,6-7H,3,5H2,1-2H3,(H,16,17,18). The molecular formula is C12H14F3N5. The molecule has 0 aliphatic heterocycles. The van der Waals surface area contributed by atoms with Gasteiger partial charge in [0, 0.05) is 24.5 Å². The van der Waals surface area contributed by atoms with E-state index in [9.17, 15) is 13.2 Å². The van der Waals surface area contributed by atoms with Crippen LogP contribution in [0.2, 0.25) is 0 Å². The van der Waals surface area contributed by atoms with Crippen LogP contribution in [0.4, 0.5) is 19.1 Å². The number of nitrogens with one attached hydrogen (secondary N) is 1. The summed E-state index contributed by atoms with van der Waals surface area (Å²) in [4.78, 5) is 8.31. The summed E-state index contributed by atoms with van der Waals surface area (Å²) in [5, 5.41) is 6.48. The first-order valence-corrected chi connectivity index (χ1v) is 6.13. The summed E-state index contributed by atoms with van der Waals surface area (Å²) in [5.41, 5.74) is -0.297. The van der Waals surface area contributed by atoms with Crippen LogP contribution < -0.4 is 5.32 Å². The molecular weight excluding hydrogens is 271 g/mol. The third kappa shape index (κ3) is 3.25. The maximum atomic E-state index is 12.5. The molecule has 0 amide bonds. The fraction of sp³-hybridized carbons (Fsp3) is 0.417. The molecule has 108 valence electrons. The van der Waals surface area contributed by atoms with Crippen LogP contribution in [0.1, 0.15) is 24.7 Å². The molecule has 5 nitrogen and oxygen atoms in total. The molecule has 0 unspecified atom stereocenters. The molecule has 2 aromatic rings. The van der Waals surface area contributed by atoms with Gasteiger partial charge >= 0.3 is 6.18 Å². The second kappa shape index (κ2) is 5.48. The average molecular weight is 285 g/mol. The second-order valence-corrected chi connectivity index (χ2v) is 4.26. The number of hydrogen-bond acceptors (Lipinski definition) is 4. The van der Waals surface area contributed by atoms with Gasteiger partial charge in [-0.25, -0.2) is 9.67 Å². The van der Waals surface area contributed by atoms with Gasteiger partial charge in [-0.1, -0.05) is 6.92 Å².